The van der Waals surface area contributed by atoms with Crippen LogP contribution >= 0.6 is 11.6 Å². The number of carbonyl (C=O) groups is 3. The average Bonchev–Trinajstić information content (AvgIpc) is 3.33. The van der Waals surface area contributed by atoms with Crippen molar-refractivity contribution >= 4 is 40.9 Å². The van der Waals surface area contributed by atoms with Crippen LogP contribution in [0.5, 0.6) is 0 Å². The summed E-state index contributed by atoms with van der Waals surface area (Å²) in [4.78, 5) is 58.2. The van der Waals surface area contributed by atoms with Gasteiger partial charge in [-0.3, -0.25) is 29.1 Å². The minimum Gasteiger partial charge on any atom is -0.309 e. The first-order valence-corrected chi connectivity index (χ1v) is 10.2. The first-order chi connectivity index (χ1) is 15.8. The quantitative estimate of drug-likeness (QED) is 0.448. The van der Waals surface area contributed by atoms with Crippen LogP contribution in [-0.4, -0.2) is 48.2 Å². The van der Waals surface area contributed by atoms with Gasteiger partial charge in [0, 0.05) is 16.7 Å². The lowest BCUT2D eigenvalue weighted by molar-refractivity contribution is -0.119. The molecular weight excluding hydrogens is 448 g/mol. The summed E-state index contributed by atoms with van der Waals surface area (Å²) in [7, 11) is 0. The molecule has 3 amide bonds. The van der Waals surface area contributed by atoms with Crippen LogP contribution in [0.15, 0.2) is 59.4 Å². The second-order valence-electron chi connectivity index (χ2n) is 7.39. The summed E-state index contributed by atoms with van der Waals surface area (Å²) in [5.74, 6) is -1.33. The molecule has 0 spiro atoms. The van der Waals surface area contributed by atoms with Gasteiger partial charge in [-0.1, -0.05) is 23.7 Å². The predicted molar refractivity (Wildman–Crippen MR) is 119 cm³/mol. The summed E-state index contributed by atoms with van der Waals surface area (Å²) in [5, 5.41) is 7.48. The monoisotopic (exact) mass is 462 g/mol. The lowest BCUT2D eigenvalue weighted by Crippen LogP contribution is -2.45. The van der Waals surface area contributed by atoms with Gasteiger partial charge in [-0.15, -0.1) is 5.10 Å². The molecule has 2 N–H and O–H groups in total. The van der Waals surface area contributed by atoms with E-state index in [9.17, 15) is 19.2 Å². The number of nitrogens with zero attached hydrogens (tertiary/aromatic N) is 4. The van der Waals surface area contributed by atoms with E-state index in [1.54, 1.807) is 36.4 Å². The Morgan fingerprint density at radius 3 is 2.30 bits per heavy atom. The number of carbonyl (C=O) groups excluding carboxylic acids is 3. The molecule has 33 heavy (non-hydrogen) atoms. The molecule has 3 heterocycles. The first kappa shape index (κ1) is 20.6. The van der Waals surface area contributed by atoms with E-state index in [4.69, 9.17) is 11.6 Å². The largest absolute Gasteiger partial charge is 0.309 e. The number of aromatic nitrogens is 4. The van der Waals surface area contributed by atoms with E-state index in [1.165, 1.54) is 23.6 Å². The topological polar surface area (TPSA) is 130 Å². The van der Waals surface area contributed by atoms with Crippen molar-refractivity contribution in [3.05, 3.63) is 81.1 Å². The number of H-pyrrole nitrogens is 1. The van der Waals surface area contributed by atoms with Gasteiger partial charge in [0.1, 0.15) is 11.9 Å². The number of benzene rings is 2. The summed E-state index contributed by atoms with van der Waals surface area (Å²) in [6.45, 7) is 1.43. The average molecular weight is 463 g/mol. The highest BCUT2D eigenvalue weighted by molar-refractivity contribution is 6.30. The molecule has 0 saturated carbocycles. The van der Waals surface area contributed by atoms with Gasteiger partial charge in [0.05, 0.1) is 11.1 Å². The summed E-state index contributed by atoms with van der Waals surface area (Å²) in [5.41, 5.74) is 0.621. The maximum Gasteiger partial charge on any atom is 0.262 e. The Labute approximate surface area is 190 Å². The minimum absolute atomic E-state index is 0.0370. The zero-order valence-electron chi connectivity index (χ0n) is 17.1. The Morgan fingerprint density at radius 1 is 1.03 bits per heavy atom. The summed E-state index contributed by atoms with van der Waals surface area (Å²) in [6.07, 6.45) is 0. The number of nitrogens with one attached hydrogen (secondary N) is 2. The van der Waals surface area contributed by atoms with Crippen molar-refractivity contribution in [2.75, 3.05) is 5.32 Å². The highest BCUT2D eigenvalue weighted by Crippen LogP contribution is 2.25. The van der Waals surface area contributed by atoms with E-state index in [-0.39, 0.29) is 22.7 Å². The maximum atomic E-state index is 13.0. The maximum absolute atomic E-state index is 13.0. The Balaban J connectivity index is 1.46. The fourth-order valence-electron chi connectivity index (χ4n) is 3.61. The number of amides is 3. The molecule has 0 aliphatic carbocycles. The molecule has 2 aromatic heterocycles. The van der Waals surface area contributed by atoms with Gasteiger partial charge in [0.25, 0.3) is 17.4 Å². The molecule has 5 rings (SSSR count). The smallest absolute Gasteiger partial charge is 0.262 e. The zero-order chi connectivity index (χ0) is 23.3. The van der Waals surface area contributed by atoms with E-state index in [0.717, 1.165) is 11.0 Å². The molecule has 1 unspecified atom stereocenters. The van der Waals surface area contributed by atoms with Crippen LogP contribution in [0.4, 0.5) is 5.82 Å². The van der Waals surface area contributed by atoms with Crippen molar-refractivity contribution in [2.24, 2.45) is 0 Å². The van der Waals surface area contributed by atoms with Crippen LogP contribution in [0.25, 0.3) is 17.2 Å². The second kappa shape index (κ2) is 7.68. The van der Waals surface area contributed by atoms with Gasteiger partial charge >= 0.3 is 0 Å². The molecule has 2 aromatic carbocycles. The third-order valence-electron chi connectivity index (χ3n) is 5.28. The van der Waals surface area contributed by atoms with Crippen molar-refractivity contribution in [3.8, 4) is 11.4 Å². The van der Waals surface area contributed by atoms with E-state index in [0.29, 0.717) is 16.4 Å². The van der Waals surface area contributed by atoms with Crippen LogP contribution < -0.4 is 10.9 Å². The molecule has 1 aliphatic rings. The van der Waals surface area contributed by atoms with Gasteiger partial charge < -0.3 is 5.32 Å². The SMILES string of the molecule is CC(C(=O)Nc1cc(=O)[nH]c2nc(-c3ccc(Cl)cc3)nn12)N1C(=O)c2ccccc2C1=O. The van der Waals surface area contributed by atoms with E-state index >= 15 is 0 Å². The van der Waals surface area contributed by atoms with E-state index in [1.807, 2.05) is 0 Å². The minimum atomic E-state index is -1.13. The third-order valence-corrected chi connectivity index (χ3v) is 5.54. The number of hydrogen-bond donors (Lipinski definition) is 2. The number of fused-ring (bicyclic) bond motifs is 2. The number of halogens is 1. The molecule has 11 heteroatoms. The van der Waals surface area contributed by atoms with Crippen molar-refractivity contribution in [2.45, 2.75) is 13.0 Å². The molecule has 0 fully saturated rings. The zero-order valence-corrected chi connectivity index (χ0v) is 17.8. The van der Waals surface area contributed by atoms with E-state index in [2.05, 4.69) is 20.4 Å². The Hall–Kier alpha value is -4.31. The molecule has 0 saturated heterocycles. The number of hydrogen-bond acceptors (Lipinski definition) is 6. The Kier molecular flexibility index (Phi) is 4.79. The van der Waals surface area contributed by atoms with Crippen molar-refractivity contribution in [1.82, 2.24) is 24.5 Å². The summed E-state index contributed by atoms with van der Waals surface area (Å²) in [6, 6.07) is 13.2. The van der Waals surface area contributed by atoms with Crippen molar-refractivity contribution < 1.29 is 14.4 Å². The third kappa shape index (κ3) is 3.46. The highest BCUT2D eigenvalue weighted by atomic mass is 35.5. The molecule has 0 bridgehead atoms. The Bertz CT molecular complexity index is 1470. The number of aromatic amines is 1. The van der Waals surface area contributed by atoms with Gasteiger partial charge in [-0.25, -0.2) is 0 Å². The van der Waals surface area contributed by atoms with Crippen LogP contribution in [0.2, 0.25) is 5.02 Å². The van der Waals surface area contributed by atoms with Crippen LogP contribution in [-0.2, 0) is 4.79 Å². The van der Waals surface area contributed by atoms with Crippen LogP contribution in [0.1, 0.15) is 27.6 Å². The van der Waals surface area contributed by atoms with Crippen molar-refractivity contribution in [3.63, 3.8) is 0 Å². The highest BCUT2D eigenvalue weighted by Gasteiger charge is 2.40. The normalized spacial score (nSPS) is 13.9. The summed E-state index contributed by atoms with van der Waals surface area (Å²) >= 11 is 5.92. The molecule has 1 atom stereocenters. The van der Waals surface area contributed by atoms with Gasteiger partial charge in [-0.05, 0) is 43.3 Å². The number of rotatable bonds is 4. The second-order valence-corrected chi connectivity index (χ2v) is 7.82. The lowest BCUT2D eigenvalue weighted by atomic mass is 10.1. The van der Waals surface area contributed by atoms with Gasteiger partial charge in [-0.2, -0.15) is 9.50 Å². The lowest BCUT2D eigenvalue weighted by Gasteiger charge is -2.21. The molecule has 10 nitrogen and oxygen atoms in total. The Morgan fingerprint density at radius 2 is 1.67 bits per heavy atom. The van der Waals surface area contributed by atoms with Crippen molar-refractivity contribution in [1.29, 1.82) is 0 Å². The molecular formula is C22H15ClN6O4. The van der Waals surface area contributed by atoms with Crippen LogP contribution in [0, 0.1) is 0 Å². The summed E-state index contributed by atoms with van der Waals surface area (Å²) < 4.78 is 1.26. The number of imide groups is 1. The number of anilines is 1. The van der Waals surface area contributed by atoms with Gasteiger partial charge in [0.2, 0.25) is 11.7 Å². The fraction of sp³-hybridized carbons (Fsp3) is 0.0909. The molecule has 4 aromatic rings. The standard InChI is InChI=1S/C22H15ClN6O4/c1-11(28-20(32)14-4-2-3-5-15(14)21(28)33)19(31)24-16-10-17(30)25-22-26-18(27-29(16)22)12-6-8-13(23)9-7-12/h2-11H,1H3,(H,24,31)(H,25,26,27,30). The van der Waals surface area contributed by atoms with E-state index < -0.39 is 29.3 Å². The molecule has 164 valence electrons. The predicted octanol–water partition coefficient (Wildman–Crippen LogP) is 2.36. The first-order valence-electron chi connectivity index (χ1n) is 9.87. The fourth-order valence-corrected chi connectivity index (χ4v) is 3.74. The molecule has 0 radical (unpaired) electrons. The molecule has 1 aliphatic heterocycles. The van der Waals surface area contributed by atoms with Gasteiger partial charge in [0.15, 0.2) is 5.82 Å². The van der Waals surface area contributed by atoms with Crippen LogP contribution in [0.3, 0.4) is 0 Å².